The normalized spacial score (nSPS) is 22.3. The van der Waals surface area contributed by atoms with Crippen molar-refractivity contribution in [1.82, 2.24) is 20.8 Å². The number of unbranched alkanes of at least 4 members (excludes halogenated alkanes) is 1. The molecule has 0 aromatic carbocycles. The molecule has 25 heavy (non-hydrogen) atoms. The average Bonchev–Trinajstić information content (AvgIpc) is 3.03. The predicted molar refractivity (Wildman–Crippen MR) is 87.6 cm³/mol. The third-order valence-electron chi connectivity index (χ3n) is 4.19. The van der Waals surface area contributed by atoms with Crippen molar-refractivity contribution in [3.05, 3.63) is 28.8 Å². The van der Waals surface area contributed by atoms with E-state index in [2.05, 4.69) is 38.0 Å². The van der Waals surface area contributed by atoms with E-state index in [-0.39, 0.29) is 23.5 Å². The standard InChI is InChI=1S/C16H21FN6O2/c1-2-3-9-18-12-7-8-16(17,23-21-12)19-15(25)14-13-10(20-22-14)5-4-6-11(13)24/h7,18H,2-6,8-9H2,1H3,(H,19,25)(H,20,22). The molecule has 1 aromatic heterocycles. The largest absolute Gasteiger partial charge is 0.369 e. The summed E-state index contributed by atoms with van der Waals surface area (Å²) in [5.41, 5.74) is 0.808. The fraction of sp³-hybridized carbons (Fsp3) is 0.562. The first-order valence-electron chi connectivity index (χ1n) is 8.51. The van der Waals surface area contributed by atoms with Crippen molar-refractivity contribution >= 4 is 11.7 Å². The summed E-state index contributed by atoms with van der Waals surface area (Å²) >= 11 is 0. The Hall–Kier alpha value is -2.58. The molecule has 1 amide bonds. The smallest absolute Gasteiger partial charge is 0.298 e. The number of halogens is 1. The summed E-state index contributed by atoms with van der Waals surface area (Å²) in [7, 11) is 0. The van der Waals surface area contributed by atoms with Crippen molar-refractivity contribution in [2.75, 3.05) is 6.54 Å². The van der Waals surface area contributed by atoms with E-state index in [9.17, 15) is 14.0 Å². The number of carbonyl (C=O) groups is 2. The van der Waals surface area contributed by atoms with Crippen LogP contribution in [0.4, 0.5) is 4.39 Å². The molecule has 0 radical (unpaired) electrons. The summed E-state index contributed by atoms with van der Waals surface area (Å²) in [6, 6.07) is 0. The number of carbonyl (C=O) groups excluding carboxylic acids is 2. The van der Waals surface area contributed by atoms with Gasteiger partial charge in [-0.25, -0.2) is 0 Å². The van der Waals surface area contributed by atoms with Crippen molar-refractivity contribution in [3.8, 4) is 0 Å². The fourth-order valence-electron chi connectivity index (χ4n) is 2.83. The number of alkyl halides is 1. The second kappa shape index (κ2) is 7.12. The number of aromatic nitrogens is 2. The molecule has 1 aliphatic carbocycles. The summed E-state index contributed by atoms with van der Waals surface area (Å²) < 4.78 is 14.7. The first-order chi connectivity index (χ1) is 12.0. The minimum Gasteiger partial charge on any atom is -0.369 e. The Labute approximate surface area is 144 Å². The van der Waals surface area contributed by atoms with Crippen LogP contribution in [0.1, 0.15) is 65.6 Å². The molecule has 3 N–H and O–H groups in total. The molecular weight excluding hydrogens is 327 g/mol. The average molecular weight is 348 g/mol. The second-order valence-electron chi connectivity index (χ2n) is 6.19. The molecule has 0 saturated carbocycles. The van der Waals surface area contributed by atoms with Gasteiger partial charge in [0.1, 0.15) is 5.82 Å². The molecule has 1 unspecified atom stereocenters. The monoisotopic (exact) mass is 348 g/mol. The van der Waals surface area contributed by atoms with Crippen LogP contribution in [0.5, 0.6) is 0 Å². The van der Waals surface area contributed by atoms with Gasteiger partial charge in [0, 0.05) is 25.1 Å². The number of hydrogen-bond donors (Lipinski definition) is 3. The lowest BCUT2D eigenvalue weighted by Crippen LogP contribution is -2.44. The van der Waals surface area contributed by atoms with Crippen molar-refractivity contribution in [3.63, 3.8) is 0 Å². The van der Waals surface area contributed by atoms with E-state index in [0.717, 1.165) is 25.8 Å². The third kappa shape index (κ3) is 3.75. The molecule has 1 atom stereocenters. The van der Waals surface area contributed by atoms with Gasteiger partial charge in [-0.05, 0) is 25.3 Å². The zero-order chi connectivity index (χ0) is 17.9. The van der Waals surface area contributed by atoms with Gasteiger partial charge >= 0.3 is 0 Å². The van der Waals surface area contributed by atoms with E-state index in [1.165, 1.54) is 0 Å². The predicted octanol–water partition coefficient (Wildman–Crippen LogP) is 2.37. The number of hydrogen-bond acceptors (Lipinski definition) is 6. The Balaban J connectivity index is 1.65. The highest BCUT2D eigenvalue weighted by atomic mass is 19.1. The molecule has 134 valence electrons. The second-order valence-corrected chi connectivity index (χ2v) is 6.19. The van der Waals surface area contributed by atoms with Crippen LogP contribution in [-0.4, -0.2) is 34.3 Å². The first-order valence-corrected chi connectivity index (χ1v) is 8.51. The number of nitrogens with zero attached hydrogens (tertiary/aromatic N) is 3. The number of Topliss-reactive ketones (excluding diaryl/α,β-unsaturated/α-hetero) is 1. The highest BCUT2D eigenvalue weighted by Gasteiger charge is 2.36. The topological polar surface area (TPSA) is 112 Å². The number of azo groups is 1. The highest BCUT2D eigenvalue weighted by Crippen LogP contribution is 2.25. The summed E-state index contributed by atoms with van der Waals surface area (Å²) in [6.45, 7) is 2.80. The maximum absolute atomic E-state index is 14.7. The van der Waals surface area contributed by atoms with Crippen LogP contribution in [0.2, 0.25) is 0 Å². The number of aryl methyl sites for hydroxylation is 1. The Morgan fingerprint density at radius 3 is 3.00 bits per heavy atom. The molecule has 1 aliphatic heterocycles. The zero-order valence-electron chi connectivity index (χ0n) is 14.1. The quantitative estimate of drug-likeness (QED) is 0.541. The minimum atomic E-state index is -2.34. The van der Waals surface area contributed by atoms with Crippen molar-refractivity contribution in [1.29, 1.82) is 0 Å². The lowest BCUT2D eigenvalue weighted by molar-refractivity contribution is 0.0694. The summed E-state index contributed by atoms with van der Waals surface area (Å²) in [4.78, 5) is 24.4. The van der Waals surface area contributed by atoms with Gasteiger partial charge in [0.05, 0.1) is 5.56 Å². The van der Waals surface area contributed by atoms with Gasteiger partial charge in [0.2, 0.25) is 0 Å². The molecule has 8 nitrogen and oxygen atoms in total. The van der Waals surface area contributed by atoms with E-state index in [0.29, 0.717) is 24.4 Å². The van der Waals surface area contributed by atoms with Crippen LogP contribution < -0.4 is 10.6 Å². The molecule has 0 saturated heterocycles. The Kier molecular flexibility index (Phi) is 4.91. The van der Waals surface area contributed by atoms with Crippen molar-refractivity contribution in [2.24, 2.45) is 10.2 Å². The number of nitrogens with one attached hydrogen (secondary N) is 3. The highest BCUT2D eigenvalue weighted by molar-refractivity contribution is 6.08. The van der Waals surface area contributed by atoms with Crippen molar-refractivity contribution < 1.29 is 14.0 Å². The third-order valence-corrected chi connectivity index (χ3v) is 4.19. The first kappa shape index (κ1) is 17.2. The van der Waals surface area contributed by atoms with Gasteiger partial charge < -0.3 is 5.32 Å². The van der Waals surface area contributed by atoms with Crippen LogP contribution in [0.15, 0.2) is 22.1 Å². The lowest BCUT2D eigenvalue weighted by atomic mass is 9.94. The molecule has 3 rings (SSSR count). The van der Waals surface area contributed by atoms with Crippen molar-refractivity contribution in [2.45, 2.75) is 51.4 Å². The molecule has 0 bridgehead atoms. The SMILES string of the molecule is CCCCNC1=CCC(F)(NC(=O)c2n[nH]c3c2C(=O)CCC3)N=N1. The number of ketones is 1. The van der Waals surface area contributed by atoms with Crippen LogP contribution in [-0.2, 0) is 6.42 Å². The van der Waals surface area contributed by atoms with Gasteiger partial charge in [-0.15, -0.1) is 10.2 Å². The summed E-state index contributed by atoms with van der Waals surface area (Å²) in [6.07, 6.45) is 5.15. The van der Waals surface area contributed by atoms with Gasteiger partial charge in [0.15, 0.2) is 11.5 Å². The Morgan fingerprint density at radius 1 is 1.44 bits per heavy atom. The van der Waals surface area contributed by atoms with Crippen LogP contribution in [0.3, 0.4) is 0 Å². The number of fused-ring (bicyclic) bond motifs is 1. The molecule has 0 fully saturated rings. The maximum atomic E-state index is 14.7. The lowest BCUT2D eigenvalue weighted by Gasteiger charge is -2.23. The molecule has 2 heterocycles. The number of aromatic amines is 1. The molecule has 9 heteroatoms. The van der Waals surface area contributed by atoms with Gasteiger partial charge in [-0.2, -0.15) is 9.49 Å². The van der Waals surface area contributed by atoms with E-state index in [1.807, 2.05) is 0 Å². The van der Waals surface area contributed by atoms with E-state index in [1.54, 1.807) is 6.08 Å². The van der Waals surface area contributed by atoms with Crippen LogP contribution >= 0.6 is 0 Å². The van der Waals surface area contributed by atoms with E-state index >= 15 is 0 Å². The molecule has 1 aromatic rings. The van der Waals surface area contributed by atoms with Crippen LogP contribution in [0.25, 0.3) is 0 Å². The number of amides is 1. The van der Waals surface area contributed by atoms with Gasteiger partial charge in [-0.1, -0.05) is 13.3 Å². The Morgan fingerprint density at radius 2 is 2.28 bits per heavy atom. The maximum Gasteiger partial charge on any atom is 0.298 e. The minimum absolute atomic E-state index is 0.0808. The molecular formula is C16H21FN6O2. The summed E-state index contributed by atoms with van der Waals surface area (Å²) in [5, 5.41) is 19.2. The summed E-state index contributed by atoms with van der Waals surface area (Å²) in [5.74, 6) is -2.77. The zero-order valence-corrected chi connectivity index (χ0v) is 14.1. The Bertz CT molecular complexity index is 741. The van der Waals surface area contributed by atoms with Crippen LogP contribution in [0, 0.1) is 0 Å². The molecule has 0 spiro atoms. The van der Waals surface area contributed by atoms with Gasteiger partial charge in [-0.3, -0.25) is 20.0 Å². The number of rotatable bonds is 6. The van der Waals surface area contributed by atoms with Gasteiger partial charge in [0.25, 0.3) is 11.8 Å². The molecule has 2 aliphatic rings. The number of H-pyrrole nitrogens is 1. The fourth-order valence-corrected chi connectivity index (χ4v) is 2.83. The van der Waals surface area contributed by atoms with E-state index in [4.69, 9.17) is 0 Å². The van der Waals surface area contributed by atoms with E-state index < -0.39 is 11.8 Å².